The van der Waals surface area contributed by atoms with Crippen molar-refractivity contribution in [3.8, 4) is 0 Å². The second-order valence-electron chi connectivity index (χ2n) is 6.07. The molecule has 0 saturated heterocycles. The largest absolute Gasteiger partial charge is 0.398 e. The first-order valence-electron chi connectivity index (χ1n) is 5.91. The lowest BCUT2D eigenvalue weighted by Gasteiger charge is -2.22. The maximum absolute atomic E-state index is 9.91. The second-order valence-corrected chi connectivity index (χ2v) is 6.07. The molecule has 0 spiro atoms. The fraction of sp³-hybridized carbons (Fsp3) is 0.571. The van der Waals surface area contributed by atoms with E-state index in [4.69, 9.17) is 5.73 Å². The Balaban J connectivity index is 2.28. The van der Waals surface area contributed by atoms with E-state index in [1.54, 1.807) is 0 Å². The Morgan fingerprint density at radius 2 is 1.94 bits per heavy atom. The maximum atomic E-state index is 9.91. The van der Waals surface area contributed by atoms with Crippen molar-refractivity contribution in [3.05, 3.63) is 29.3 Å². The minimum absolute atomic E-state index is 0.0618. The van der Waals surface area contributed by atoms with Crippen molar-refractivity contribution in [1.29, 1.82) is 0 Å². The molecule has 0 atom stereocenters. The van der Waals surface area contributed by atoms with E-state index in [-0.39, 0.29) is 5.41 Å². The van der Waals surface area contributed by atoms with Crippen LogP contribution in [-0.4, -0.2) is 10.7 Å². The Bertz CT molecular complexity index is 400. The van der Waals surface area contributed by atoms with Gasteiger partial charge in [-0.2, -0.15) is 0 Å². The average molecular weight is 219 g/mol. The minimum atomic E-state index is -0.425. The third kappa shape index (κ3) is 2.38. The molecule has 0 amide bonds. The molecular weight excluding hydrogens is 198 g/mol. The Morgan fingerprint density at radius 3 is 2.44 bits per heavy atom. The Kier molecular flexibility index (Phi) is 2.50. The van der Waals surface area contributed by atoms with Crippen LogP contribution in [0.1, 0.15) is 44.7 Å². The zero-order valence-electron chi connectivity index (χ0n) is 10.4. The number of hydrogen-bond donors (Lipinski definition) is 2. The van der Waals surface area contributed by atoms with Gasteiger partial charge >= 0.3 is 0 Å². The number of hydrogen-bond acceptors (Lipinski definition) is 2. The molecule has 0 bridgehead atoms. The van der Waals surface area contributed by atoms with Gasteiger partial charge < -0.3 is 10.8 Å². The zero-order chi connectivity index (χ0) is 12.0. The van der Waals surface area contributed by atoms with Crippen LogP contribution >= 0.6 is 0 Å². The van der Waals surface area contributed by atoms with Crippen molar-refractivity contribution in [2.75, 3.05) is 5.73 Å². The molecular formula is C14H21NO. The van der Waals surface area contributed by atoms with Crippen LogP contribution in [0.4, 0.5) is 5.69 Å². The second kappa shape index (κ2) is 3.49. The minimum Gasteiger partial charge on any atom is -0.398 e. The van der Waals surface area contributed by atoms with E-state index in [1.165, 1.54) is 11.1 Å². The molecule has 1 aliphatic rings. The van der Waals surface area contributed by atoms with Crippen LogP contribution in [0.3, 0.4) is 0 Å². The van der Waals surface area contributed by atoms with Gasteiger partial charge in [-0.3, -0.25) is 0 Å². The van der Waals surface area contributed by atoms with Gasteiger partial charge in [0.15, 0.2) is 0 Å². The molecule has 0 radical (unpaired) electrons. The van der Waals surface area contributed by atoms with E-state index < -0.39 is 5.60 Å². The predicted octanol–water partition coefficient (Wildman–Crippen LogP) is 2.63. The summed E-state index contributed by atoms with van der Waals surface area (Å²) in [4.78, 5) is 0. The predicted molar refractivity (Wildman–Crippen MR) is 67.4 cm³/mol. The lowest BCUT2D eigenvalue weighted by molar-refractivity contribution is 0.151. The molecule has 16 heavy (non-hydrogen) atoms. The van der Waals surface area contributed by atoms with Gasteiger partial charge in [0.05, 0.1) is 5.60 Å². The number of nitrogen functional groups attached to an aromatic ring is 1. The highest BCUT2D eigenvalue weighted by molar-refractivity contribution is 5.52. The third-order valence-electron chi connectivity index (χ3n) is 3.29. The van der Waals surface area contributed by atoms with Crippen LogP contribution in [0.2, 0.25) is 0 Å². The van der Waals surface area contributed by atoms with Gasteiger partial charge in [-0.05, 0) is 35.4 Å². The summed E-state index contributed by atoms with van der Waals surface area (Å²) >= 11 is 0. The number of benzene rings is 1. The van der Waals surface area contributed by atoms with Gasteiger partial charge in [0.2, 0.25) is 0 Å². The maximum Gasteiger partial charge on any atom is 0.0690 e. The standard InChI is InChI=1S/C14H21NO/c1-13(2,3)11-8-10(4-5-12(11)15)9-14(16)6-7-14/h4-5,8,16H,6-7,9,15H2,1-3H3. The van der Waals surface area contributed by atoms with Gasteiger partial charge in [-0.15, -0.1) is 0 Å². The molecule has 0 heterocycles. The molecule has 3 N–H and O–H groups in total. The van der Waals surface area contributed by atoms with Gasteiger partial charge in [0, 0.05) is 12.1 Å². The van der Waals surface area contributed by atoms with Crippen LogP contribution in [0.25, 0.3) is 0 Å². The average Bonchev–Trinajstić information content (AvgIpc) is 2.85. The molecule has 0 unspecified atom stereocenters. The summed E-state index contributed by atoms with van der Waals surface area (Å²) < 4.78 is 0. The summed E-state index contributed by atoms with van der Waals surface area (Å²) in [6.07, 6.45) is 2.63. The highest BCUT2D eigenvalue weighted by Crippen LogP contribution is 2.39. The fourth-order valence-electron chi connectivity index (χ4n) is 2.06. The third-order valence-corrected chi connectivity index (χ3v) is 3.29. The van der Waals surface area contributed by atoms with Gasteiger partial charge in [0.1, 0.15) is 0 Å². The van der Waals surface area contributed by atoms with Crippen molar-refractivity contribution in [2.24, 2.45) is 0 Å². The lowest BCUT2D eigenvalue weighted by Crippen LogP contribution is -2.16. The summed E-state index contributed by atoms with van der Waals surface area (Å²) in [6, 6.07) is 6.13. The highest BCUT2D eigenvalue weighted by Gasteiger charge is 2.40. The number of anilines is 1. The van der Waals surface area contributed by atoms with E-state index >= 15 is 0 Å². The molecule has 0 aliphatic heterocycles. The highest BCUT2D eigenvalue weighted by atomic mass is 16.3. The molecule has 2 heteroatoms. The molecule has 1 aromatic carbocycles. The number of nitrogens with two attached hydrogens (primary N) is 1. The summed E-state index contributed by atoms with van der Waals surface area (Å²) in [5.41, 5.74) is 8.84. The van der Waals surface area contributed by atoms with Crippen LogP contribution in [0.5, 0.6) is 0 Å². The topological polar surface area (TPSA) is 46.2 Å². The van der Waals surface area contributed by atoms with E-state index in [9.17, 15) is 5.11 Å². The number of aliphatic hydroxyl groups is 1. The smallest absolute Gasteiger partial charge is 0.0690 e. The monoisotopic (exact) mass is 219 g/mol. The quantitative estimate of drug-likeness (QED) is 0.751. The van der Waals surface area contributed by atoms with Crippen molar-refractivity contribution in [2.45, 2.75) is 51.0 Å². The summed E-state index contributed by atoms with van der Waals surface area (Å²) in [7, 11) is 0. The van der Waals surface area contributed by atoms with E-state index in [2.05, 4.69) is 26.8 Å². The van der Waals surface area contributed by atoms with Crippen LogP contribution in [0, 0.1) is 0 Å². The van der Waals surface area contributed by atoms with E-state index in [1.807, 2.05) is 12.1 Å². The Labute approximate surface area is 97.5 Å². The van der Waals surface area contributed by atoms with E-state index in [0.29, 0.717) is 0 Å². The Hall–Kier alpha value is -1.02. The van der Waals surface area contributed by atoms with Crippen molar-refractivity contribution in [1.82, 2.24) is 0 Å². The first-order chi connectivity index (χ1) is 7.30. The molecule has 1 aliphatic carbocycles. The fourth-order valence-corrected chi connectivity index (χ4v) is 2.06. The molecule has 1 saturated carbocycles. The Morgan fingerprint density at radius 1 is 1.31 bits per heavy atom. The van der Waals surface area contributed by atoms with E-state index in [0.717, 1.165) is 24.9 Å². The summed E-state index contributed by atoms with van der Waals surface area (Å²) in [6.45, 7) is 6.48. The SMILES string of the molecule is CC(C)(C)c1cc(CC2(O)CC2)ccc1N. The molecule has 2 rings (SSSR count). The molecule has 88 valence electrons. The summed E-state index contributed by atoms with van der Waals surface area (Å²) in [5.74, 6) is 0. The van der Waals surface area contributed by atoms with Crippen molar-refractivity contribution in [3.63, 3.8) is 0 Å². The first kappa shape index (κ1) is 11.5. The lowest BCUT2D eigenvalue weighted by atomic mass is 9.84. The van der Waals surface area contributed by atoms with Crippen molar-refractivity contribution >= 4 is 5.69 Å². The van der Waals surface area contributed by atoms with Crippen LogP contribution in [0.15, 0.2) is 18.2 Å². The summed E-state index contributed by atoms with van der Waals surface area (Å²) in [5, 5.41) is 9.91. The number of rotatable bonds is 2. The van der Waals surface area contributed by atoms with Gasteiger partial charge in [-0.1, -0.05) is 32.9 Å². The van der Waals surface area contributed by atoms with Crippen LogP contribution in [-0.2, 0) is 11.8 Å². The molecule has 1 fully saturated rings. The zero-order valence-corrected chi connectivity index (χ0v) is 10.4. The normalized spacial score (nSPS) is 18.5. The molecule has 1 aromatic rings. The molecule has 0 aromatic heterocycles. The molecule has 2 nitrogen and oxygen atoms in total. The first-order valence-corrected chi connectivity index (χ1v) is 5.91. The van der Waals surface area contributed by atoms with Gasteiger partial charge in [-0.25, -0.2) is 0 Å². The van der Waals surface area contributed by atoms with Crippen molar-refractivity contribution < 1.29 is 5.11 Å². The van der Waals surface area contributed by atoms with Crippen LogP contribution < -0.4 is 5.73 Å². The van der Waals surface area contributed by atoms with Gasteiger partial charge in [0.25, 0.3) is 0 Å².